The summed E-state index contributed by atoms with van der Waals surface area (Å²) in [6, 6.07) is 14.1. The Morgan fingerprint density at radius 2 is 1.96 bits per heavy atom. The van der Waals surface area contributed by atoms with Gasteiger partial charge in [-0.1, -0.05) is 48.9 Å². The van der Waals surface area contributed by atoms with Crippen molar-refractivity contribution in [1.29, 1.82) is 0 Å². The van der Waals surface area contributed by atoms with Gasteiger partial charge < -0.3 is 15.5 Å². The van der Waals surface area contributed by atoms with Crippen LogP contribution in [0.1, 0.15) is 29.2 Å². The van der Waals surface area contributed by atoms with E-state index in [9.17, 15) is 9.18 Å². The Morgan fingerprint density at radius 3 is 2.71 bits per heavy atom. The molecule has 2 aromatic carbocycles. The summed E-state index contributed by atoms with van der Waals surface area (Å²) in [6.45, 7) is 5.37. The molecule has 1 heterocycles. The lowest BCUT2D eigenvalue weighted by atomic mass is 9.88. The number of nitrogens with zero attached hydrogens (tertiary/aromatic N) is 1. The average molecular weight is 377 g/mol. The summed E-state index contributed by atoms with van der Waals surface area (Å²) in [6.07, 6.45) is 6.60. The number of terminal acetylenes is 1. The summed E-state index contributed by atoms with van der Waals surface area (Å²) in [5.41, 5.74) is 3.98. The molecule has 28 heavy (non-hydrogen) atoms. The number of rotatable bonds is 6. The SMILES string of the molecule is C#CCNC(=C)CCNC(=O)N1CCc2ccccc2[C@@H]1c1ccc(F)cc1. The molecule has 144 valence electrons. The minimum absolute atomic E-state index is 0.145. The van der Waals surface area contributed by atoms with Gasteiger partial charge in [-0.25, -0.2) is 9.18 Å². The zero-order valence-corrected chi connectivity index (χ0v) is 15.7. The standard InChI is InChI=1S/C23H24FN3O/c1-3-14-25-17(2)12-15-26-23(28)27-16-13-18-6-4-5-7-21(18)22(27)19-8-10-20(24)11-9-19/h1,4-11,22,25H,2,12-16H2,(H,26,28)/t22-/m0/s1. The number of hydrogen-bond donors (Lipinski definition) is 2. The van der Waals surface area contributed by atoms with Crippen LogP contribution in [-0.4, -0.2) is 30.6 Å². The molecule has 0 spiro atoms. The fourth-order valence-electron chi connectivity index (χ4n) is 3.48. The number of benzene rings is 2. The molecule has 2 amide bonds. The van der Waals surface area contributed by atoms with Crippen molar-refractivity contribution in [2.45, 2.75) is 18.9 Å². The van der Waals surface area contributed by atoms with Gasteiger partial charge in [-0.15, -0.1) is 6.42 Å². The van der Waals surface area contributed by atoms with E-state index in [4.69, 9.17) is 6.42 Å². The Morgan fingerprint density at radius 1 is 1.21 bits per heavy atom. The molecular weight excluding hydrogens is 353 g/mol. The van der Waals surface area contributed by atoms with Gasteiger partial charge in [0.2, 0.25) is 0 Å². The van der Waals surface area contributed by atoms with Crippen molar-refractivity contribution in [3.05, 3.63) is 83.3 Å². The van der Waals surface area contributed by atoms with E-state index >= 15 is 0 Å². The molecule has 3 rings (SSSR count). The molecule has 2 N–H and O–H groups in total. The highest BCUT2D eigenvalue weighted by molar-refractivity contribution is 5.76. The van der Waals surface area contributed by atoms with Gasteiger partial charge in [0.1, 0.15) is 5.82 Å². The molecule has 1 atom stereocenters. The largest absolute Gasteiger partial charge is 0.378 e. The fraction of sp³-hybridized carbons (Fsp3) is 0.261. The van der Waals surface area contributed by atoms with Crippen LogP contribution in [-0.2, 0) is 6.42 Å². The lowest BCUT2D eigenvalue weighted by molar-refractivity contribution is 0.180. The highest BCUT2D eigenvalue weighted by Gasteiger charge is 2.31. The molecule has 0 fully saturated rings. The Bertz CT molecular complexity index is 885. The highest BCUT2D eigenvalue weighted by Crippen LogP contribution is 2.35. The summed E-state index contributed by atoms with van der Waals surface area (Å²) in [4.78, 5) is 14.7. The number of halogens is 1. The van der Waals surface area contributed by atoms with Gasteiger partial charge in [0, 0.05) is 25.2 Å². The zero-order valence-electron chi connectivity index (χ0n) is 15.7. The summed E-state index contributed by atoms with van der Waals surface area (Å²) >= 11 is 0. The van der Waals surface area contributed by atoms with Crippen LogP contribution < -0.4 is 10.6 Å². The molecular formula is C23H24FN3O. The summed E-state index contributed by atoms with van der Waals surface area (Å²) < 4.78 is 13.4. The first-order valence-electron chi connectivity index (χ1n) is 9.33. The van der Waals surface area contributed by atoms with Gasteiger partial charge >= 0.3 is 6.03 Å². The quantitative estimate of drug-likeness (QED) is 0.756. The molecule has 4 nitrogen and oxygen atoms in total. The molecule has 0 unspecified atom stereocenters. The van der Waals surface area contributed by atoms with Crippen molar-refractivity contribution in [2.24, 2.45) is 0 Å². The molecule has 0 aliphatic carbocycles. The van der Waals surface area contributed by atoms with Crippen molar-refractivity contribution in [2.75, 3.05) is 19.6 Å². The normalized spacial score (nSPS) is 15.3. The van der Waals surface area contributed by atoms with Gasteiger partial charge in [-0.3, -0.25) is 0 Å². The molecule has 1 aliphatic heterocycles. The number of carbonyl (C=O) groups excluding carboxylic acids is 1. The average Bonchev–Trinajstić information content (AvgIpc) is 2.72. The Kier molecular flexibility index (Phi) is 6.33. The van der Waals surface area contributed by atoms with Crippen LogP contribution in [0.4, 0.5) is 9.18 Å². The number of carbonyl (C=O) groups is 1. The number of hydrogen-bond acceptors (Lipinski definition) is 2. The van der Waals surface area contributed by atoms with Gasteiger partial charge in [0.15, 0.2) is 0 Å². The van der Waals surface area contributed by atoms with Gasteiger partial charge in [0.25, 0.3) is 0 Å². The van der Waals surface area contributed by atoms with Crippen molar-refractivity contribution in [1.82, 2.24) is 15.5 Å². The Labute approximate surface area is 165 Å². The number of amides is 2. The second-order valence-corrected chi connectivity index (χ2v) is 6.74. The van der Waals surface area contributed by atoms with Gasteiger partial charge in [-0.2, -0.15) is 0 Å². The fourth-order valence-corrected chi connectivity index (χ4v) is 3.48. The molecule has 0 saturated carbocycles. The Balaban J connectivity index is 1.75. The topological polar surface area (TPSA) is 44.4 Å². The predicted molar refractivity (Wildman–Crippen MR) is 109 cm³/mol. The maximum Gasteiger partial charge on any atom is 0.318 e. The van der Waals surface area contributed by atoms with E-state index in [0.29, 0.717) is 26.1 Å². The van der Waals surface area contributed by atoms with Gasteiger partial charge in [-0.05, 0) is 35.2 Å². The second-order valence-electron chi connectivity index (χ2n) is 6.74. The first-order chi connectivity index (χ1) is 13.6. The van der Waals surface area contributed by atoms with E-state index < -0.39 is 0 Å². The number of fused-ring (bicyclic) bond motifs is 1. The van der Waals surface area contributed by atoms with Crippen LogP contribution in [0.2, 0.25) is 0 Å². The molecule has 0 radical (unpaired) electrons. The Hall–Kier alpha value is -3.26. The molecule has 1 aliphatic rings. The van der Waals surface area contributed by atoms with Crippen molar-refractivity contribution < 1.29 is 9.18 Å². The van der Waals surface area contributed by atoms with Crippen LogP contribution in [0.3, 0.4) is 0 Å². The molecule has 0 saturated heterocycles. The molecule has 5 heteroatoms. The monoisotopic (exact) mass is 377 g/mol. The third kappa shape index (κ3) is 4.52. The van der Waals surface area contributed by atoms with Crippen LogP contribution in [0.15, 0.2) is 60.8 Å². The molecule has 0 aromatic heterocycles. The summed E-state index contributed by atoms with van der Waals surface area (Å²) in [5.74, 6) is 2.20. The number of urea groups is 1. The van der Waals surface area contributed by atoms with E-state index in [2.05, 4.69) is 29.2 Å². The van der Waals surface area contributed by atoms with Crippen molar-refractivity contribution in [3.63, 3.8) is 0 Å². The number of nitrogens with one attached hydrogen (secondary N) is 2. The summed E-state index contributed by atoms with van der Waals surface area (Å²) in [7, 11) is 0. The van der Waals surface area contributed by atoms with E-state index in [1.807, 2.05) is 23.1 Å². The van der Waals surface area contributed by atoms with Crippen molar-refractivity contribution >= 4 is 6.03 Å². The van der Waals surface area contributed by atoms with E-state index in [0.717, 1.165) is 23.2 Å². The van der Waals surface area contributed by atoms with Crippen molar-refractivity contribution in [3.8, 4) is 12.3 Å². The van der Waals surface area contributed by atoms with Gasteiger partial charge in [0.05, 0.1) is 12.6 Å². The third-order valence-electron chi connectivity index (χ3n) is 4.87. The zero-order chi connectivity index (χ0) is 19.9. The van der Waals surface area contributed by atoms with Crippen LogP contribution >= 0.6 is 0 Å². The maximum atomic E-state index is 13.4. The first-order valence-corrected chi connectivity index (χ1v) is 9.33. The van der Waals surface area contributed by atoms with E-state index in [-0.39, 0.29) is 17.9 Å². The lowest BCUT2D eigenvalue weighted by Crippen LogP contribution is -2.46. The first kappa shape index (κ1) is 19.5. The predicted octanol–water partition coefficient (Wildman–Crippen LogP) is 3.61. The smallest absolute Gasteiger partial charge is 0.318 e. The second kappa shape index (κ2) is 9.09. The van der Waals surface area contributed by atoms with E-state index in [1.165, 1.54) is 17.7 Å². The highest BCUT2D eigenvalue weighted by atomic mass is 19.1. The lowest BCUT2D eigenvalue weighted by Gasteiger charge is -2.37. The molecule has 2 aromatic rings. The van der Waals surface area contributed by atoms with Crippen LogP contribution in [0, 0.1) is 18.2 Å². The molecule has 0 bridgehead atoms. The minimum Gasteiger partial charge on any atom is -0.378 e. The van der Waals surface area contributed by atoms with E-state index in [1.54, 1.807) is 12.1 Å². The maximum absolute atomic E-state index is 13.4. The minimum atomic E-state index is -0.290. The summed E-state index contributed by atoms with van der Waals surface area (Å²) in [5, 5.41) is 5.97. The third-order valence-corrected chi connectivity index (χ3v) is 4.87. The van der Waals surface area contributed by atoms with Crippen LogP contribution in [0.25, 0.3) is 0 Å². The van der Waals surface area contributed by atoms with Crippen LogP contribution in [0.5, 0.6) is 0 Å².